The van der Waals surface area contributed by atoms with Crippen LogP contribution in [0.2, 0.25) is 0 Å². The third-order valence-corrected chi connectivity index (χ3v) is 6.80. The van der Waals surface area contributed by atoms with Gasteiger partial charge in [0.25, 0.3) is 11.8 Å². The first kappa shape index (κ1) is 28.9. The Morgan fingerprint density at radius 3 is 1.70 bits per heavy atom. The third kappa shape index (κ3) is 6.72. The van der Waals surface area contributed by atoms with Gasteiger partial charge in [0, 0.05) is 32.4 Å². The van der Waals surface area contributed by atoms with Crippen LogP contribution in [-0.2, 0) is 45.3 Å². The van der Waals surface area contributed by atoms with Gasteiger partial charge in [0.2, 0.25) is 11.8 Å². The van der Waals surface area contributed by atoms with Crippen LogP contribution in [0.15, 0.2) is 12.1 Å². The zero-order valence-corrected chi connectivity index (χ0v) is 23.5. The number of hydrogen-bond acceptors (Lipinski definition) is 10. The zero-order valence-electron chi connectivity index (χ0n) is 23.5. The Balaban J connectivity index is 1.29. The molecule has 0 radical (unpaired) electrons. The van der Waals surface area contributed by atoms with Gasteiger partial charge >= 0.3 is 5.97 Å². The van der Waals surface area contributed by atoms with Crippen molar-refractivity contribution < 1.29 is 38.1 Å². The van der Waals surface area contributed by atoms with E-state index in [-0.39, 0.29) is 24.7 Å². The number of fused-ring (bicyclic) bond motifs is 2. The van der Waals surface area contributed by atoms with Crippen molar-refractivity contribution in [3.63, 3.8) is 0 Å². The summed E-state index contributed by atoms with van der Waals surface area (Å²) in [6.07, 6.45) is 2.00. The lowest BCUT2D eigenvalue weighted by Crippen LogP contribution is -2.25. The quantitative estimate of drug-likeness (QED) is 0.268. The number of aromatic nitrogens is 2. The van der Waals surface area contributed by atoms with Crippen molar-refractivity contribution in [2.45, 2.75) is 65.2 Å². The molecule has 0 N–H and O–H groups in total. The second-order valence-corrected chi connectivity index (χ2v) is 9.58. The smallest absolute Gasteiger partial charge is 0.306 e. The maximum Gasteiger partial charge on any atom is 0.306 e. The molecular formula is C28H36N4O8. The molecule has 0 aromatic carbocycles. The van der Waals surface area contributed by atoms with Crippen LogP contribution in [0, 0.1) is 0 Å². The summed E-state index contributed by atoms with van der Waals surface area (Å²) in [5.41, 5.74) is 3.40. The molecule has 0 fully saturated rings. The molecule has 0 bridgehead atoms. The average molecular weight is 557 g/mol. The van der Waals surface area contributed by atoms with Gasteiger partial charge in [0.1, 0.15) is 0 Å². The van der Waals surface area contributed by atoms with E-state index in [1.54, 1.807) is 16.9 Å². The van der Waals surface area contributed by atoms with Crippen molar-refractivity contribution in [3.8, 4) is 23.3 Å². The molecule has 2 aromatic rings. The molecule has 0 aliphatic carbocycles. The standard InChI is InChI=1S/C28H36N4O8/c1-5-7-24(33)31-14-18-12-22(36-2)27(29-20(18)16-31)39-10-6-11-40-28-23(37-3)13-19-15-32(17-21(19)30-28)25(34)8-9-26(35)38-4/h12-13H,5-11,14-17H2,1-4H3. The van der Waals surface area contributed by atoms with Crippen LogP contribution in [0.25, 0.3) is 0 Å². The fraction of sp³-hybridized carbons (Fsp3) is 0.536. The summed E-state index contributed by atoms with van der Waals surface area (Å²) in [5.74, 6) is 1.29. The number of nitrogens with zero attached hydrogens (tertiary/aromatic N) is 4. The highest BCUT2D eigenvalue weighted by atomic mass is 16.5. The minimum atomic E-state index is -0.416. The van der Waals surface area contributed by atoms with Gasteiger partial charge in [-0.2, -0.15) is 0 Å². The number of amides is 2. The maximum absolute atomic E-state index is 12.5. The van der Waals surface area contributed by atoms with E-state index in [0.29, 0.717) is 75.5 Å². The number of esters is 1. The summed E-state index contributed by atoms with van der Waals surface area (Å²) < 4.78 is 27.3. The maximum atomic E-state index is 12.5. The summed E-state index contributed by atoms with van der Waals surface area (Å²) in [6, 6.07) is 3.71. The van der Waals surface area contributed by atoms with E-state index in [0.717, 1.165) is 28.9 Å². The Morgan fingerprint density at radius 2 is 1.25 bits per heavy atom. The van der Waals surface area contributed by atoms with Crippen LogP contribution in [0.4, 0.5) is 0 Å². The molecule has 0 atom stereocenters. The van der Waals surface area contributed by atoms with Crippen LogP contribution in [-0.4, -0.2) is 72.1 Å². The van der Waals surface area contributed by atoms with E-state index in [1.807, 2.05) is 19.1 Å². The molecule has 12 heteroatoms. The second kappa shape index (κ2) is 13.3. The van der Waals surface area contributed by atoms with E-state index >= 15 is 0 Å². The van der Waals surface area contributed by atoms with Gasteiger partial charge in [-0.25, -0.2) is 9.97 Å². The number of hydrogen-bond donors (Lipinski definition) is 0. The lowest BCUT2D eigenvalue weighted by atomic mass is 10.2. The third-order valence-electron chi connectivity index (χ3n) is 6.80. The Bertz CT molecular complexity index is 1250. The van der Waals surface area contributed by atoms with Crippen LogP contribution in [0.3, 0.4) is 0 Å². The molecular weight excluding hydrogens is 520 g/mol. The predicted molar refractivity (Wildman–Crippen MR) is 142 cm³/mol. The van der Waals surface area contributed by atoms with Crippen molar-refractivity contribution in [1.82, 2.24) is 19.8 Å². The van der Waals surface area contributed by atoms with Gasteiger partial charge in [-0.15, -0.1) is 0 Å². The van der Waals surface area contributed by atoms with E-state index < -0.39 is 5.97 Å². The van der Waals surface area contributed by atoms with Gasteiger partial charge in [-0.3, -0.25) is 14.4 Å². The van der Waals surface area contributed by atoms with Crippen LogP contribution < -0.4 is 18.9 Å². The summed E-state index contributed by atoms with van der Waals surface area (Å²) >= 11 is 0. The molecule has 0 spiro atoms. The minimum Gasteiger partial charge on any atom is -0.491 e. The Kier molecular flexibility index (Phi) is 9.62. The molecule has 2 aromatic heterocycles. The molecule has 0 unspecified atom stereocenters. The van der Waals surface area contributed by atoms with Gasteiger partial charge in [0.05, 0.1) is 65.4 Å². The van der Waals surface area contributed by atoms with Crippen molar-refractivity contribution in [1.29, 1.82) is 0 Å². The number of pyridine rings is 2. The summed E-state index contributed by atoms with van der Waals surface area (Å²) in [5, 5.41) is 0. The summed E-state index contributed by atoms with van der Waals surface area (Å²) in [7, 11) is 4.40. The molecule has 0 saturated carbocycles. The minimum absolute atomic E-state index is 0.0410. The van der Waals surface area contributed by atoms with Gasteiger partial charge in [-0.1, -0.05) is 6.92 Å². The fourth-order valence-electron chi connectivity index (χ4n) is 4.63. The highest BCUT2D eigenvalue weighted by molar-refractivity contribution is 5.81. The SMILES string of the molecule is CCCC(=O)N1Cc2cc(OC)c(OCCCOc3nc4c(cc3OC)CN(C(=O)CCC(=O)OC)C4)nc2C1. The van der Waals surface area contributed by atoms with E-state index in [9.17, 15) is 14.4 Å². The van der Waals surface area contributed by atoms with Gasteiger partial charge < -0.3 is 33.5 Å². The van der Waals surface area contributed by atoms with Crippen LogP contribution in [0.5, 0.6) is 23.3 Å². The first-order valence-corrected chi connectivity index (χ1v) is 13.4. The lowest BCUT2D eigenvalue weighted by molar-refractivity contribution is -0.143. The fourth-order valence-corrected chi connectivity index (χ4v) is 4.63. The van der Waals surface area contributed by atoms with Gasteiger partial charge in [-0.05, 0) is 29.7 Å². The summed E-state index contributed by atoms with van der Waals surface area (Å²) in [4.78, 5) is 48.8. The monoisotopic (exact) mass is 556 g/mol. The number of methoxy groups -OCH3 is 3. The number of carbonyl (C=O) groups excluding carboxylic acids is 3. The molecule has 2 aliphatic rings. The topological polar surface area (TPSA) is 130 Å². The highest BCUT2D eigenvalue weighted by Gasteiger charge is 2.28. The van der Waals surface area contributed by atoms with Crippen molar-refractivity contribution in [3.05, 3.63) is 34.6 Å². The van der Waals surface area contributed by atoms with E-state index in [2.05, 4.69) is 14.7 Å². The second-order valence-electron chi connectivity index (χ2n) is 9.58. The molecule has 2 aliphatic heterocycles. The van der Waals surface area contributed by atoms with Crippen LogP contribution >= 0.6 is 0 Å². The molecule has 12 nitrogen and oxygen atoms in total. The molecule has 216 valence electrons. The largest absolute Gasteiger partial charge is 0.491 e. The zero-order chi connectivity index (χ0) is 28.6. The number of rotatable bonds is 13. The predicted octanol–water partition coefficient (Wildman–Crippen LogP) is 2.78. The normalized spacial score (nSPS) is 13.5. The van der Waals surface area contributed by atoms with Crippen molar-refractivity contribution in [2.75, 3.05) is 34.5 Å². The van der Waals surface area contributed by atoms with E-state index in [1.165, 1.54) is 14.2 Å². The Hall–Kier alpha value is -4.09. The average Bonchev–Trinajstić information content (AvgIpc) is 3.58. The molecule has 0 saturated heterocycles. The first-order valence-electron chi connectivity index (χ1n) is 13.4. The van der Waals surface area contributed by atoms with Gasteiger partial charge in [0.15, 0.2) is 11.5 Å². The Labute approximate surface area is 233 Å². The molecule has 4 rings (SSSR count). The lowest BCUT2D eigenvalue weighted by Gasteiger charge is -2.14. The molecule has 2 amide bonds. The number of ether oxygens (including phenoxy) is 5. The molecule has 40 heavy (non-hydrogen) atoms. The molecule has 4 heterocycles. The number of carbonyl (C=O) groups is 3. The Morgan fingerprint density at radius 1 is 0.750 bits per heavy atom. The van der Waals surface area contributed by atoms with E-state index in [4.69, 9.17) is 18.9 Å². The first-order chi connectivity index (χ1) is 19.4. The summed E-state index contributed by atoms with van der Waals surface area (Å²) in [6.45, 7) is 4.36. The van der Waals surface area contributed by atoms with Crippen molar-refractivity contribution >= 4 is 17.8 Å². The van der Waals surface area contributed by atoms with Crippen LogP contribution in [0.1, 0.15) is 61.5 Å². The highest BCUT2D eigenvalue weighted by Crippen LogP contribution is 2.34. The van der Waals surface area contributed by atoms with Crippen molar-refractivity contribution in [2.24, 2.45) is 0 Å².